The summed E-state index contributed by atoms with van der Waals surface area (Å²) in [6, 6.07) is 3.01. The van der Waals surface area contributed by atoms with Gasteiger partial charge in [-0.25, -0.2) is 0 Å². The molecule has 1 aromatic carbocycles. The Labute approximate surface area is 104 Å². The maximum absolute atomic E-state index is 11.3. The van der Waals surface area contributed by atoms with Gasteiger partial charge in [-0.15, -0.1) is 0 Å². The second-order valence-electron chi connectivity index (χ2n) is 3.97. The van der Waals surface area contributed by atoms with Crippen molar-refractivity contribution >= 4 is 11.4 Å². The van der Waals surface area contributed by atoms with E-state index < -0.39 is 0 Å². The summed E-state index contributed by atoms with van der Waals surface area (Å²) in [7, 11) is 2.93. The van der Waals surface area contributed by atoms with Crippen LogP contribution in [0.2, 0.25) is 0 Å². The zero-order valence-electron chi connectivity index (χ0n) is 10.2. The van der Waals surface area contributed by atoms with Crippen LogP contribution in [-0.4, -0.2) is 30.2 Å². The Morgan fingerprint density at radius 1 is 1.11 bits per heavy atom. The molecule has 2 rings (SSSR count). The van der Waals surface area contributed by atoms with Crippen molar-refractivity contribution in [1.82, 2.24) is 0 Å². The Morgan fingerprint density at radius 3 is 2.33 bits per heavy atom. The van der Waals surface area contributed by atoms with Gasteiger partial charge in [0.15, 0.2) is 11.5 Å². The monoisotopic (exact) mass is 250 g/mol. The molecule has 0 unspecified atom stereocenters. The Hall–Kier alpha value is -2.17. The summed E-state index contributed by atoms with van der Waals surface area (Å²) < 4.78 is 10.2. The van der Waals surface area contributed by atoms with Crippen molar-refractivity contribution < 1.29 is 24.5 Å². The zero-order chi connectivity index (χ0) is 13.3. The van der Waals surface area contributed by atoms with Gasteiger partial charge in [-0.3, -0.25) is 4.79 Å². The lowest BCUT2D eigenvalue weighted by molar-refractivity contribution is -0.117. The number of methoxy groups -OCH3 is 2. The maximum atomic E-state index is 11.3. The molecule has 0 spiro atoms. The number of rotatable bonds is 3. The van der Waals surface area contributed by atoms with Gasteiger partial charge in [0.05, 0.1) is 19.8 Å². The molecule has 1 aliphatic rings. The predicted octanol–water partition coefficient (Wildman–Crippen LogP) is 2.04. The minimum Gasteiger partial charge on any atom is -0.507 e. The first-order valence-corrected chi connectivity index (χ1v) is 5.49. The molecule has 0 amide bonds. The second-order valence-corrected chi connectivity index (χ2v) is 3.97. The van der Waals surface area contributed by atoms with Crippen LogP contribution < -0.4 is 9.47 Å². The first kappa shape index (κ1) is 12.3. The summed E-state index contributed by atoms with van der Waals surface area (Å²) in [6.45, 7) is 0. The number of hydrogen-bond acceptors (Lipinski definition) is 5. The van der Waals surface area contributed by atoms with E-state index in [9.17, 15) is 15.0 Å². The van der Waals surface area contributed by atoms with Gasteiger partial charge in [0.25, 0.3) is 0 Å². The Balaban J connectivity index is 2.61. The first-order chi connectivity index (χ1) is 8.58. The fraction of sp³-hybridized carbons (Fsp3) is 0.308. The number of allylic oxidation sites excluding steroid dienone is 2. The van der Waals surface area contributed by atoms with Crippen LogP contribution in [0.1, 0.15) is 18.4 Å². The van der Waals surface area contributed by atoms with Crippen LogP contribution in [0.25, 0.3) is 5.57 Å². The van der Waals surface area contributed by atoms with E-state index in [1.807, 2.05) is 0 Å². The quantitative estimate of drug-likeness (QED) is 0.858. The fourth-order valence-corrected chi connectivity index (χ4v) is 2.05. The fourth-order valence-electron chi connectivity index (χ4n) is 2.05. The summed E-state index contributed by atoms with van der Waals surface area (Å²) in [6.07, 6.45) is 0.636. The SMILES string of the molecule is COc1cc(O)c(C2=C(O)C(=O)CC2)c(OC)c1. The molecule has 0 radical (unpaired) electrons. The van der Waals surface area contributed by atoms with Gasteiger partial charge in [-0.1, -0.05) is 0 Å². The van der Waals surface area contributed by atoms with Crippen LogP contribution in [0.5, 0.6) is 17.2 Å². The highest BCUT2D eigenvalue weighted by Crippen LogP contribution is 2.43. The number of aliphatic hydroxyl groups is 1. The molecule has 0 saturated carbocycles. The predicted molar refractivity (Wildman–Crippen MR) is 65.0 cm³/mol. The number of phenolic OH excluding ortho intramolecular Hbond substituents is 1. The highest BCUT2D eigenvalue weighted by molar-refractivity contribution is 6.06. The van der Waals surface area contributed by atoms with Crippen molar-refractivity contribution in [3.63, 3.8) is 0 Å². The van der Waals surface area contributed by atoms with Crippen LogP contribution in [0, 0.1) is 0 Å². The van der Waals surface area contributed by atoms with E-state index in [2.05, 4.69) is 0 Å². The highest BCUT2D eigenvalue weighted by Gasteiger charge is 2.28. The third-order valence-corrected chi connectivity index (χ3v) is 2.96. The van der Waals surface area contributed by atoms with Crippen LogP contribution in [-0.2, 0) is 4.79 Å². The number of carbonyl (C=O) groups is 1. The maximum Gasteiger partial charge on any atom is 0.197 e. The van der Waals surface area contributed by atoms with E-state index in [4.69, 9.17) is 9.47 Å². The standard InChI is InChI=1S/C13H14O5/c1-17-7-5-10(15)12(11(6-7)18-2)8-3-4-9(14)13(8)16/h5-6,15-16H,3-4H2,1-2H3. The number of ether oxygens (including phenoxy) is 2. The van der Waals surface area contributed by atoms with Gasteiger partial charge in [0.2, 0.25) is 0 Å². The van der Waals surface area contributed by atoms with Crippen LogP contribution >= 0.6 is 0 Å². The van der Waals surface area contributed by atoms with Crippen molar-refractivity contribution in [1.29, 1.82) is 0 Å². The number of carbonyl (C=O) groups excluding carboxylic acids is 1. The lowest BCUT2D eigenvalue weighted by Gasteiger charge is -2.13. The molecule has 1 aromatic rings. The number of phenols is 1. The molecular formula is C13H14O5. The van der Waals surface area contributed by atoms with Crippen molar-refractivity contribution in [3.05, 3.63) is 23.5 Å². The van der Waals surface area contributed by atoms with E-state index >= 15 is 0 Å². The summed E-state index contributed by atoms with van der Waals surface area (Å²) in [4.78, 5) is 11.3. The first-order valence-electron chi connectivity index (χ1n) is 5.49. The number of ketones is 1. The largest absolute Gasteiger partial charge is 0.507 e. The highest BCUT2D eigenvalue weighted by atomic mass is 16.5. The van der Waals surface area contributed by atoms with Crippen LogP contribution in [0.4, 0.5) is 0 Å². The van der Waals surface area contributed by atoms with Gasteiger partial charge in [-0.05, 0) is 6.42 Å². The molecule has 0 fully saturated rings. The Morgan fingerprint density at radius 2 is 1.83 bits per heavy atom. The molecule has 5 nitrogen and oxygen atoms in total. The van der Waals surface area contributed by atoms with E-state index in [1.165, 1.54) is 20.3 Å². The Kier molecular flexibility index (Phi) is 3.14. The van der Waals surface area contributed by atoms with Gasteiger partial charge in [0, 0.05) is 24.1 Å². The topological polar surface area (TPSA) is 76.0 Å². The van der Waals surface area contributed by atoms with E-state index in [1.54, 1.807) is 6.07 Å². The second kappa shape index (κ2) is 4.60. The zero-order valence-corrected chi connectivity index (χ0v) is 10.2. The third kappa shape index (κ3) is 1.88. The smallest absolute Gasteiger partial charge is 0.197 e. The molecule has 1 aliphatic carbocycles. The summed E-state index contributed by atoms with van der Waals surface area (Å²) in [5.41, 5.74) is 0.763. The molecular weight excluding hydrogens is 236 g/mol. The molecule has 0 heterocycles. The molecule has 0 saturated heterocycles. The molecule has 0 atom stereocenters. The van der Waals surface area contributed by atoms with Crippen LogP contribution in [0.15, 0.2) is 17.9 Å². The number of aromatic hydroxyl groups is 1. The van der Waals surface area contributed by atoms with Gasteiger partial charge < -0.3 is 19.7 Å². The average Bonchev–Trinajstić information content (AvgIpc) is 2.69. The van der Waals surface area contributed by atoms with Crippen LogP contribution in [0.3, 0.4) is 0 Å². The molecule has 2 N–H and O–H groups in total. The lowest BCUT2D eigenvalue weighted by Crippen LogP contribution is -1.97. The van der Waals surface area contributed by atoms with Crippen molar-refractivity contribution in [2.75, 3.05) is 14.2 Å². The average molecular weight is 250 g/mol. The molecule has 96 valence electrons. The molecule has 0 bridgehead atoms. The van der Waals surface area contributed by atoms with Gasteiger partial charge in [0.1, 0.15) is 17.2 Å². The van der Waals surface area contributed by atoms with Crippen molar-refractivity contribution in [2.45, 2.75) is 12.8 Å². The van der Waals surface area contributed by atoms with E-state index in [0.717, 1.165) is 0 Å². The molecule has 18 heavy (non-hydrogen) atoms. The molecule has 0 aromatic heterocycles. The summed E-state index contributed by atoms with van der Waals surface area (Å²) >= 11 is 0. The number of hydrogen-bond donors (Lipinski definition) is 2. The number of Topliss-reactive ketones (excluding diaryl/α,β-unsaturated/α-hetero) is 1. The van der Waals surface area contributed by atoms with Gasteiger partial charge >= 0.3 is 0 Å². The lowest BCUT2D eigenvalue weighted by atomic mass is 10.0. The minimum atomic E-state index is -0.317. The van der Waals surface area contributed by atoms with Crippen molar-refractivity contribution in [2.24, 2.45) is 0 Å². The number of benzene rings is 1. The normalized spacial score (nSPS) is 15.1. The third-order valence-electron chi connectivity index (χ3n) is 2.96. The molecule has 5 heteroatoms. The summed E-state index contributed by atoms with van der Waals surface area (Å²) in [5.74, 6) is 0.110. The number of aliphatic hydroxyl groups excluding tert-OH is 1. The molecule has 0 aliphatic heterocycles. The van der Waals surface area contributed by atoms with E-state index in [-0.39, 0.29) is 23.7 Å². The Bertz CT molecular complexity index is 530. The summed E-state index contributed by atoms with van der Waals surface area (Å²) in [5, 5.41) is 19.7. The minimum absolute atomic E-state index is 0.0811. The van der Waals surface area contributed by atoms with Gasteiger partial charge in [-0.2, -0.15) is 0 Å². The van der Waals surface area contributed by atoms with Crippen molar-refractivity contribution in [3.8, 4) is 17.2 Å². The van der Waals surface area contributed by atoms with E-state index in [0.29, 0.717) is 29.1 Å².